The van der Waals surface area contributed by atoms with E-state index in [1.807, 2.05) is 31.2 Å². The lowest BCUT2D eigenvalue weighted by Gasteiger charge is -2.29. The summed E-state index contributed by atoms with van der Waals surface area (Å²) in [7, 11) is 0. The van der Waals surface area contributed by atoms with Crippen LogP contribution < -0.4 is 0 Å². The summed E-state index contributed by atoms with van der Waals surface area (Å²) in [4.78, 5) is 43.9. The van der Waals surface area contributed by atoms with Crippen LogP contribution in [0.1, 0.15) is 42.2 Å². The van der Waals surface area contributed by atoms with Gasteiger partial charge in [0.25, 0.3) is 5.91 Å². The van der Waals surface area contributed by atoms with Crippen molar-refractivity contribution in [3.63, 3.8) is 0 Å². The third-order valence-electron chi connectivity index (χ3n) is 5.23. The van der Waals surface area contributed by atoms with Gasteiger partial charge in [0.15, 0.2) is 0 Å². The Morgan fingerprint density at radius 3 is 2.68 bits per heavy atom. The second kappa shape index (κ2) is 8.37. The summed E-state index contributed by atoms with van der Waals surface area (Å²) in [5, 5.41) is 10.0. The lowest BCUT2D eigenvalue weighted by atomic mass is 10.1. The molecule has 1 aromatic heterocycles. The van der Waals surface area contributed by atoms with E-state index in [9.17, 15) is 14.4 Å². The van der Waals surface area contributed by atoms with Crippen LogP contribution in [-0.4, -0.2) is 63.4 Å². The first-order valence-electron chi connectivity index (χ1n) is 9.51. The number of carboxylic acid groups (broad SMARTS) is 1. The molecular formula is C21H25N3O4. The maximum absolute atomic E-state index is 13.2. The molecule has 1 saturated heterocycles. The van der Waals surface area contributed by atoms with E-state index in [2.05, 4.69) is 4.98 Å². The molecule has 2 aromatic rings. The standard InChI is InChI=1S/C21H25N3O4/c1-14-8-9-16-5-3-7-18(20(16)22-14)21(28)23-11-4-6-17(10-12-23)24(15(2)25)13-19(26)27/h3,5,7-9,17H,4,6,10-13H2,1-2H3,(H,26,27). The molecule has 0 aliphatic carbocycles. The van der Waals surface area contributed by atoms with Gasteiger partial charge in [0, 0.05) is 37.1 Å². The van der Waals surface area contributed by atoms with Crippen molar-refractivity contribution >= 4 is 28.7 Å². The van der Waals surface area contributed by atoms with E-state index in [1.54, 1.807) is 11.0 Å². The number of hydrogen-bond donors (Lipinski definition) is 1. The minimum Gasteiger partial charge on any atom is -0.480 e. The van der Waals surface area contributed by atoms with Crippen molar-refractivity contribution in [2.75, 3.05) is 19.6 Å². The Balaban J connectivity index is 1.79. The van der Waals surface area contributed by atoms with Crippen molar-refractivity contribution in [2.24, 2.45) is 0 Å². The molecule has 148 valence electrons. The SMILES string of the molecule is CC(=O)N(CC(=O)O)C1CCCN(C(=O)c2cccc3ccc(C)nc23)CC1. The van der Waals surface area contributed by atoms with Gasteiger partial charge in [-0.2, -0.15) is 0 Å². The molecular weight excluding hydrogens is 358 g/mol. The first-order chi connectivity index (χ1) is 13.4. The second-order valence-electron chi connectivity index (χ2n) is 7.25. The zero-order valence-electron chi connectivity index (χ0n) is 16.2. The van der Waals surface area contributed by atoms with Gasteiger partial charge in [-0.15, -0.1) is 0 Å². The highest BCUT2D eigenvalue weighted by molar-refractivity contribution is 6.05. The zero-order valence-corrected chi connectivity index (χ0v) is 16.2. The molecule has 2 amide bonds. The molecule has 3 rings (SSSR count). The topological polar surface area (TPSA) is 90.8 Å². The highest BCUT2D eigenvalue weighted by atomic mass is 16.4. The molecule has 0 spiro atoms. The lowest BCUT2D eigenvalue weighted by molar-refractivity contribution is -0.145. The van der Waals surface area contributed by atoms with Crippen molar-refractivity contribution in [1.29, 1.82) is 0 Å². The Bertz CT molecular complexity index is 912. The number of benzene rings is 1. The maximum atomic E-state index is 13.2. The van der Waals surface area contributed by atoms with E-state index in [0.29, 0.717) is 37.0 Å². The summed E-state index contributed by atoms with van der Waals surface area (Å²) in [6, 6.07) is 9.31. The maximum Gasteiger partial charge on any atom is 0.323 e. The molecule has 0 bridgehead atoms. The number of likely N-dealkylation sites (tertiary alicyclic amines) is 1. The van der Waals surface area contributed by atoms with Crippen molar-refractivity contribution < 1.29 is 19.5 Å². The third kappa shape index (κ3) is 4.30. The Hall–Kier alpha value is -2.96. The normalized spacial score (nSPS) is 17.2. The fourth-order valence-electron chi connectivity index (χ4n) is 3.82. The summed E-state index contributed by atoms with van der Waals surface area (Å²) < 4.78 is 0. The molecule has 1 atom stereocenters. The van der Waals surface area contributed by atoms with E-state index >= 15 is 0 Å². The van der Waals surface area contributed by atoms with Gasteiger partial charge in [0.1, 0.15) is 6.54 Å². The van der Waals surface area contributed by atoms with Crippen LogP contribution in [0.2, 0.25) is 0 Å². The molecule has 1 N–H and O–H groups in total. The summed E-state index contributed by atoms with van der Waals surface area (Å²) in [5.74, 6) is -1.34. The fraction of sp³-hybridized carbons (Fsp3) is 0.429. The van der Waals surface area contributed by atoms with Gasteiger partial charge in [0.2, 0.25) is 5.91 Å². The number of nitrogens with zero attached hydrogens (tertiary/aromatic N) is 3. The predicted octanol–water partition coefficient (Wildman–Crippen LogP) is 2.47. The predicted molar refractivity (Wildman–Crippen MR) is 105 cm³/mol. The molecule has 0 saturated carbocycles. The molecule has 1 unspecified atom stereocenters. The largest absolute Gasteiger partial charge is 0.480 e. The van der Waals surface area contributed by atoms with Gasteiger partial charge in [-0.1, -0.05) is 18.2 Å². The van der Waals surface area contributed by atoms with E-state index in [0.717, 1.165) is 17.5 Å². The summed E-state index contributed by atoms with van der Waals surface area (Å²) >= 11 is 0. The number of hydrogen-bond acceptors (Lipinski definition) is 4. The van der Waals surface area contributed by atoms with Gasteiger partial charge in [-0.25, -0.2) is 0 Å². The molecule has 7 nitrogen and oxygen atoms in total. The van der Waals surface area contributed by atoms with Crippen LogP contribution in [0.3, 0.4) is 0 Å². The Morgan fingerprint density at radius 1 is 1.18 bits per heavy atom. The second-order valence-corrected chi connectivity index (χ2v) is 7.25. The van der Waals surface area contributed by atoms with Crippen LogP contribution in [0.5, 0.6) is 0 Å². The van der Waals surface area contributed by atoms with Gasteiger partial charge in [-0.3, -0.25) is 19.4 Å². The van der Waals surface area contributed by atoms with Gasteiger partial charge in [0.05, 0.1) is 11.1 Å². The molecule has 0 radical (unpaired) electrons. The minimum absolute atomic E-state index is 0.0723. The minimum atomic E-state index is -1.02. The average molecular weight is 383 g/mol. The number of aliphatic carboxylic acids is 1. The summed E-state index contributed by atoms with van der Waals surface area (Å²) in [5.41, 5.74) is 2.13. The number of carbonyl (C=O) groups is 3. The molecule has 28 heavy (non-hydrogen) atoms. The number of fused-ring (bicyclic) bond motifs is 1. The molecule has 2 heterocycles. The number of para-hydroxylation sites is 1. The quantitative estimate of drug-likeness (QED) is 0.876. The molecule has 7 heteroatoms. The zero-order chi connectivity index (χ0) is 20.3. The van der Waals surface area contributed by atoms with Crippen LogP contribution in [0.4, 0.5) is 0 Å². The van der Waals surface area contributed by atoms with Gasteiger partial charge in [-0.05, 0) is 38.3 Å². The van der Waals surface area contributed by atoms with Crippen LogP contribution in [0.25, 0.3) is 10.9 Å². The molecule has 1 fully saturated rings. The van der Waals surface area contributed by atoms with Crippen LogP contribution >= 0.6 is 0 Å². The number of aryl methyl sites for hydroxylation is 1. The van der Waals surface area contributed by atoms with E-state index < -0.39 is 5.97 Å². The summed E-state index contributed by atoms with van der Waals surface area (Å²) in [6.07, 6.45) is 1.97. The van der Waals surface area contributed by atoms with Crippen molar-refractivity contribution in [2.45, 2.75) is 39.2 Å². The number of carbonyl (C=O) groups excluding carboxylic acids is 2. The lowest BCUT2D eigenvalue weighted by Crippen LogP contribution is -2.43. The number of rotatable bonds is 4. The molecule has 1 aliphatic heterocycles. The van der Waals surface area contributed by atoms with Crippen molar-refractivity contribution in [3.8, 4) is 0 Å². The Morgan fingerprint density at radius 2 is 1.96 bits per heavy atom. The highest BCUT2D eigenvalue weighted by Gasteiger charge is 2.28. The number of pyridine rings is 1. The number of carboxylic acids is 1. The smallest absolute Gasteiger partial charge is 0.323 e. The van der Waals surface area contributed by atoms with Crippen molar-refractivity contribution in [1.82, 2.24) is 14.8 Å². The highest BCUT2D eigenvalue weighted by Crippen LogP contribution is 2.22. The first-order valence-corrected chi connectivity index (χ1v) is 9.51. The average Bonchev–Trinajstić information content (AvgIpc) is 2.90. The van der Waals surface area contributed by atoms with Crippen molar-refractivity contribution in [3.05, 3.63) is 41.6 Å². The molecule has 1 aromatic carbocycles. The molecule has 1 aliphatic rings. The summed E-state index contributed by atoms with van der Waals surface area (Å²) in [6.45, 7) is 4.04. The first kappa shape index (κ1) is 19.8. The Labute approximate surface area is 164 Å². The Kier molecular flexibility index (Phi) is 5.92. The van der Waals surface area contributed by atoms with Crippen LogP contribution in [-0.2, 0) is 9.59 Å². The number of aromatic nitrogens is 1. The monoisotopic (exact) mass is 383 g/mol. The van der Waals surface area contributed by atoms with Gasteiger partial charge < -0.3 is 14.9 Å². The van der Waals surface area contributed by atoms with E-state index in [-0.39, 0.29) is 24.4 Å². The van der Waals surface area contributed by atoms with Gasteiger partial charge >= 0.3 is 5.97 Å². The van der Waals surface area contributed by atoms with Crippen LogP contribution in [0, 0.1) is 6.92 Å². The van der Waals surface area contributed by atoms with E-state index in [1.165, 1.54) is 11.8 Å². The number of amides is 2. The van der Waals surface area contributed by atoms with E-state index in [4.69, 9.17) is 5.11 Å². The third-order valence-corrected chi connectivity index (χ3v) is 5.23. The fourth-order valence-corrected chi connectivity index (χ4v) is 3.82. The van der Waals surface area contributed by atoms with Crippen LogP contribution in [0.15, 0.2) is 30.3 Å².